The first-order valence-electron chi connectivity index (χ1n) is 4.64. The summed E-state index contributed by atoms with van der Waals surface area (Å²) < 4.78 is 4.02. The Morgan fingerprint density at radius 2 is 1.78 bits per heavy atom. The van der Waals surface area contributed by atoms with Crippen LogP contribution in [0.3, 0.4) is 0 Å². The van der Waals surface area contributed by atoms with Crippen LogP contribution in [0.25, 0.3) is 0 Å². The molecule has 1 aromatic carbocycles. The summed E-state index contributed by atoms with van der Waals surface area (Å²) in [4.78, 5) is 22.5. The molecule has 0 heterocycles. The Balaban J connectivity index is 3.14. The molecule has 0 unspecified atom stereocenters. The molecule has 18 heavy (non-hydrogen) atoms. The Hall–Kier alpha value is 1.02. The number of allylic oxidation sites excluding steroid dienone is 1. The second kappa shape index (κ2) is 7.71. The molecule has 0 aliphatic rings. The molecule has 7 heteroatoms. The van der Waals surface area contributed by atoms with Gasteiger partial charge in [-0.15, -0.1) is 0 Å². The second-order valence-corrected chi connectivity index (χ2v) is 7.80. The predicted octanol–water partition coefficient (Wildman–Crippen LogP) is 3.94. The summed E-state index contributed by atoms with van der Waals surface area (Å²) in [5.74, 6) is -0.195. The van der Waals surface area contributed by atoms with Crippen LogP contribution in [-0.4, -0.2) is 12.2 Å². The highest BCUT2D eigenvalue weighted by Gasteiger charge is 2.17. The van der Waals surface area contributed by atoms with Crippen LogP contribution in [0.4, 0.5) is 0 Å². The van der Waals surface area contributed by atoms with Gasteiger partial charge in [-0.2, -0.15) is 0 Å². The lowest BCUT2D eigenvalue weighted by Gasteiger charge is -2.10. The smallest absolute Gasteiger partial charge is 0.257 e. The maximum atomic E-state index is 12.1. The Kier molecular flexibility index (Phi) is 7.31. The summed E-state index contributed by atoms with van der Waals surface area (Å²) in [5, 5.41) is 2.63. The average Bonchev–Trinajstić information content (AvgIpc) is 2.33. The predicted molar refractivity (Wildman–Crippen MR) is 105 cm³/mol. The maximum Gasteiger partial charge on any atom is 0.257 e. The molecule has 0 aromatic heterocycles. The van der Waals surface area contributed by atoms with Crippen LogP contribution in [0.1, 0.15) is 17.3 Å². The van der Waals surface area contributed by atoms with Gasteiger partial charge in [-0.25, -0.2) is 0 Å². The summed E-state index contributed by atoms with van der Waals surface area (Å²) in [6.45, 7) is 1.64. The molecule has 0 aliphatic carbocycles. The van der Waals surface area contributed by atoms with Gasteiger partial charge in [0.1, 0.15) is 6.29 Å². The van der Waals surface area contributed by atoms with Crippen LogP contribution in [0.15, 0.2) is 17.8 Å². The molecular formula is C11H7I4NO2. The van der Waals surface area contributed by atoms with Crippen LogP contribution in [-0.2, 0) is 4.79 Å². The number of amides is 1. The Morgan fingerprint density at radius 1 is 1.17 bits per heavy atom. The van der Waals surface area contributed by atoms with Gasteiger partial charge in [-0.3, -0.25) is 9.59 Å². The minimum Gasteiger partial charge on any atom is -0.328 e. The van der Waals surface area contributed by atoms with Crippen LogP contribution in [0.5, 0.6) is 0 Å². The zero-order valence-corrected chi connectivity index (χ0v) is 17.7. The number of aldehydes is 1. The standard InChI is InChI=1S/C11H7I4NO2/c1-5(4-17)3-16-11(18)8-6(12)2-7(13)9(14)10(8)15/h2-4H,1H3,(H,16,18). The number of halogens is 4. The SMILES string of the molecule is CC(C=O)=CNC(=O)c1c(I)cc(I)c(I)c1I. The number of carbonyl (C=O) groups is 2. The number of benzene rings is 1. The van der Waals surface area contributed by atoms with Crippen LogP contribution in [0.2, 0.25) is 0 Å². The quantitative estimate of drug-likeness (QED) is 0.172. The summed E-state index contributed by atoms with van der Waals surface area (Å²) in [6.07, 6.45) is 2.13. The van der Waals surface area contributed by atoms with Gasteiger partial charge in [0, 0.05) is 26.1 Å². The van der Waals surface area contributed by atoms with E-state index in [2.05, 4.69) is 95.7 Å². The van der Waals surface area contributed by atoms with Gasteiger partial charge in [0.2, 0.25) is 0 Å². The van der Waals surface area contributed by atoms with E-state index in [0.717, 1.165) is 14.3 Å². The molecule has 1 N–H and O–H groups in total. The Morgan fingerprint density at radius 3 is 2.33 bits per heavy atom. The molecule has 0 atom stereocenters. The fraction of sp³-hybridized carbons (Fsp3) is 0.0909. The highest BCUT2D eigenvalue weighted by atomic mass is 127. The molecule has 0 bridgehead atoms. The monoisotopic (exact) mass is 693 g/mol. The average molecular weight is 693 g/mol. The highest BCUT2D eigenvalue weighted by molar-refractivity contribution is 14.1. The number of carbonyl (C=O) groups excluding carboxylic acids is 2. The van der Waals surface area contributed by atoms with Crippen molar-refractivity contribution in [2.24, 2.45) is 0 Å². The molecule has 1 amide bonds. The molecule has 0 aliphatic heterocycles. The van der Waals surface area contributed by atoms with Crippen molar-refractivity contribution < 1.29 is 9.59 Å². The van der Waals surface area contributed by atoms with E-state index in [4.69, 9.17) is 0 Å². The second-order valence-electron chi connectivity index (χ2n) is 3.32. The van der Waals surface area contributed by atoms with Gasteiger partial charge in [0.05, 0.1) is 5.56 Å². The molecule has 3 nitrogen and oxygen atoms in total. The van der Waals surface area contributed by atoms with E-state index >= 15 is 0 Å². The van der Waals surface area contributed by atoms with Gasteiger partial charge in [-0.1, -0.05) is 0 Å². The lowest BCUT2D eigenvalue weighted by molar-refractivity contribution is -0.104. The van der Waals surface area contributed by atoms with Crippen LogP contribution in [0, 0.1) is 14.3 Å². The summed E-state index contributed by atoms with van der Waals surface area (Å²) in [7, 11) is 0. The maximum absolute atomic E-state index is 12.1. The fourth-order valence-corrected chi connectivity index (χ4v) is 5.35. The van der Waals surface area contributed by atoms with Gasteiger partial charge >= 0.3 is 0 Å². The zero-order chi connectivity index (χ0) is 13.9. The first-order chi connectivity index (χ1) is 8.38. The lowest BCUT2D eigenvalue weighted by atomic mass is 10.2. The molecule has 0 radical (unpaired) electrons. The molecule has 0 saturated carbocycles. The third-order valence-corrected chi connectivity index (χ3v) is 7.92. The molecule has 0 saturated heterocycles. The van der Waals surface area contributed by atoms with Crippen molar-refractivity contribution in [2.75, 3.05) is 0 Å². The Bertz CT molecular complexity index is 540. The lowest BCUT2D eigenvalue weighted by Crippen LogP contribution is -2.21. The summed E-state index contributed by atoms with van der Waals surface area (Å²) >= 11 is 8.79. The van der Waals surface area contributed by atoms with E-state index in [1.807, 2.05) is 6.07 Å². The third kappa shape index (κ3) is 4.26. The molecule has 1 rings (SSSR count). The van der Waals surface area contributed by atoms with E-state index in [0.29, 0.717) is 17.4 Å². The molecule has 1 aromatic rings. The van der Waals surface area contributed by atoms with Crippen LogP contribution < -0.4 is 5.32 Å². The molecule has 0 fully saturated rings. The van der Waals surface area contributed by atoms with E-state index in [1.54, 1.807) is 6.92 Å². The normalized spacial score (nSPS) is 11.3. The van der Waals surface area contributed by atoms with Crippen molar-refractivity contribution in [1.82, 2.24) is 5.32 Å². The molecular weight excluding hydrogens is 686 g/mol. The number of hydrogen-bond donors (Lipinski definition) is 1. The molecule has 96 valence electrons. The van der Waals surface area contributed by atoms with Crippen molar-refractivity contribution in [1.29, 1.82) is 0 Å². The van der Waals surface area contributed by atoms with Gasteiger partial charge in [0.25, 0.3) is 5.91 Å². The van der Waals surface area contributed by atoms with Crippen LogP contribution >= 0.6 is 90.4 Å². The minimum atomic E-state index is -0.195. The number of nitrogens with one attached hydrogen (secondary N) is 1. The Labute approximate surface area is 159 Å². The number of rotatable bonds is 3. The minimum absolute atomic E-state index is 0.195. The topological polar surface area (TPSA) is 46.2 Å². The fourth-order valence-electron chi connectivity index (χ4n) is 1.06. The first kappa shape index (κ1) is 17.1. The van der Waals surface area contributed by atoms with Crippen molar-refractivity contribution in [3.8, 4) is 0 Å². The summed E-state index contributed by atoms with van der Waals surface area (Å²) in [6, 6.07) is 1.97. The van der Waals surface area contributed by atoms with Gasteiger partial charge in [0.15, 0.2) is 0 Å². The summed E-state index contributed by atoms with van der Waals surface area (Å²) in [5.41, 5.74) is 1.13. The number of hydrogen-bond acceptors (Lipinski definition) is 2. The van der Waals surface area contributed by atoms with Crippen molar-refractivity contribution in [3.05, 3.63) is 37.7 Å². The molecule has 0 spiro atoms. The van der Waals surface area contributed by atoms with Crippen molar-refractivity contribution >= 4 is 103 Å². The van der Waals surface area contributed by atoms with Crippen molar-refractivity contribution in [2.45, 2.75) is 6.92 Å². The largest absolute Gasteiger partial charge is 0.328 e. The van der Waals surface area contributed by atoms with E-state index in [9.17, 15) is 9.59 Å². The third-order valence-electron chi connectivity index (χ3n) is 1.96. The zero-order valence-electron chi connectivity index (χ0n) is 9.06. The van der Waals surface area contributed by atoms with E-state index < -0.39 is 0 Å². The first-order valence-corrected chi connectivity index (χ1v) is 8.95. The van der Waals surface area contributed by atoms with Gasteiger partial charge < -0.3 is 5.32 Å². The van der Waals surface area contributed by atoms with E-state index in [1.165, 1.54) is 6.20 Å². The van der Waals surface area contributed by atoms with Crippen molar-refractivity contribution in [3.63, 3.8) is 0 Å². The highest BCUT2D eigenvalue weighted by Crippen LogP contribution is 2.28. The van der Waals surface area contributed by atoms with Gasteiger partial charge in [-0.05, 0) is 103 Å². The van der Waals surface area contributed by atoms with E-state index in [-0.39, 0.29) is 5.91 Å².